The molecule has 1 aromatic heterocycles. The van der Waals surface area contributed by atoms with Crippen molar-refractivity contribution in [1.82, 2.24) is 15.2 Å². The van der Waals surface area contributed by atoms with Crippen LogP contribution in [0, 0.1) is 0 Å². The lowest BCUT2D eigenvalue weighted by Gasteiger charge is -2.10. The molecule has 0 bridgehead atoms. The molecule has 0 aliphatic rings. The van der Waals surface area contributed by atoms with E-state index in [0.717, 1.165) is 0 Å². The number of aromatic nitrogens is 3. The predicted molar refractivity (Wildman–Crippen MR) is 42.4 cm³/mol. The Bertz CT molecular complexity index is 233. The molecule has 0 saturated carbocycles. The third-order valence-electron chi connectivity index (χ3n) is 1.28. The maximum Gasteiger partial charge on any atom is 0.244 e. The predicted octanol–water partition coefficient (Wildman–Crippen LogP) is -1.85. The van der Waals surface area contributed by atoms with E-state index in [4.69, 9.17) is 15.9 Å². The molecule has 0 saturated heterocycles. The lowest BCUT2D eigenvalue weighted by atomic mass is 10.3. The first kappa shape index (κ1) is 8.75. The van der Waals surface area contributed by atoms with E-state index in [2.05, 4.69) is 20.5 Å². The number of nitrogens with one attached hydrogen (secondary N) is 2. The van der Waals surface area contributed by atoms with Crippen LogP contribution < -0.4 is 11.1 Å². The van der Waals surface area contributed by atoms with Gasteiger partial charge in [-0.15, -0.1) is 5.10 Å². The topological polar surface area (TPSA) is 120 Å². The first-order valence-electron chi connectivity index (χ1n) is 3.42. The Morgan fingerprint density at radius 1 is 1.50 bits per heavy atom. The molecule has 6 N–H and O–H groups in total. The summed E-state index contributed by atoms with van der Waals surface area (Å²) in [5.41, 5.74) is 5.24. The lowest BCUT2D eigenvalue weighted by molar-refractivity contribution is 0.203. The number of nitrogens with zero attached hydrogens (tertiary/aromatic N) is 2. The molecule has 0 amide bonds. The van der Waals surface area contributed by atoms with Crippen molar-refractivity contribution in [2.75, 3.05) is 24.3 Å². The number of anilines is 2. The number of hydrogen-bond donors (Lipinski definition) is 5. The Labute approximate surface area is 68.6 Å². The highest BCUT2D eigenvalue weighted by Gasteiger charge is 2.07. The molecular weight excluding hydrogens is 162 g/mol. The van der Waals surface area contributed by atoms with E-state index >= 15 is 0 Å². The summed E-state index contributed by atoms with van der Waals surface area (Å²) in [7, 11) is 0. The van der Waals surface area contributed by atoms with Crippen molar-refractivity contribution in [2.24, 2.45) is 0 Å². The minimum atomic E-state index is -0.458. The van der Waals surface area contributed by atoms with Gasteiger partial charge >= 0.3 is 0 Å². The molecule has 1 heterocycles. The molecular formula is C5H11N5O2. The van der Waals surface area contributed by atoms with Crippen LogP contribution in [0.15, 0.2) is 0 Å². The number of nitrogens with two attached hydrogens (primary N) is 1. The monoisotopic (exact) mass is 173 g/mol. The van der Waals surface area contributed by atoms with Crippen molar-refractivity contribution in [2.45, 2.75) is 6.04 Å². The zero-order valence-corrected chi connectivity index (χ0v) is 6.36. The summed E-state index contributed by atoms with van der Waals surface area (Å²) < 4.78 is 0. The summed E-state index contributed by atoms with van der Waals surface area (Å²) in [6, 6.07) is -0.458. The number of aromatic amines is 1. The molecule has 68 valence electrons. The molecule has 0 unspecified atom stereocenters. The fourth-order valence-corrected chi connectivity index (χ4v) is 0.670. The van der Waals surface area contributed by atoms with Gasteiger partial charge < -0.3 is 21.3 Å². The second-order valence-corrected chi connectivity index (χ2v) is 2.25. The first-order chi connectivity index (χ1) is 5.76. The number of H-pyrrole nitrogens is 1. The SMILES string of the molecule is Nc1nc(NC(CO)CO)n[nH]1. The fraction of sp³-hybridized carbons (Fsp3) is 0.600. The molecule has 0 atom stereocenters. The average molecular weight is 173 g/mol. The molecule has 1 aromatic rings. The normalized spacial score (nSPS) is 10.6. The highest BCUT2D eigenvalue weighted by atomic mass is 16.3. The Morgan fingerprint density at radius 3 is 2.58 bits per heavy atom. The van der Waals surface area contributed by atoms with E-state index in [1.807, 2.05) is 0 Å². The second kappa shape index (κ2) is 3.88. The van der Waals surface area contributed by atoms with Crippen molar-refractivity contribution < 1.29 is 10.2 Å². The van der Waals surface area contributed by atoms with Gasteiger partial charge in [-0.1, -0.05) is 0 Å². The molecule has 7 heteroatoms. The highest BCUT2D eigenvalue weighted by Crippen LogP contribution is 2.00. The van der Waals surface area contributed by atoms with Crippen molar-refractivity contribution in [1.29, 1.82) is 0 Å². The number of rotatable bonds is 4. The largest absolute Gasteiger partial charge is 0.394 e. The highest BCUT2D eigenvalue weighted by molar-refractivity contribution is 5.30. The summed E-state index contributed by atoms with van der Waals surface area (Å²) in [6.45, 7) is -0.379. The van der Waals surface area contributed by atoms with Gasteiger partial charge in [0.15, 0.2) is 0 Å². The minimum absolute atomic E-state index is 0.187. The smallest absolute Gasteiger partial charge is 0.244 e. The van der Waals surface area contributed by atoms with E-state index < -0.39 is 6.04 Å². The van der Waals surface area contributed by atoms with Gasteiger partial charge in [-0.2, -0.15) is 4.98 Å². The fourth-order valence-electron chi connectivity index (χ4n) is 0.670. The van der Waals surface area contributed by atoms with Gasteiger partial charge in [-0.05, 0) is 0 Å². The first-order valence-corrected chi connectivity index (χ1v) is 3.42. The van der Waals surface area contributed by atoms with E-state index in [9.17, 15) is 0 Å². The maximum atomic E-state index is 8.67. The average Bonchev–Trinajstić information content (AvgIpc) is 2.47. The molecule has 0 spiro atoms. The third kappa shape index (κ3) is 2.07. The van der Waals surface area contributed by atoms with E-state index in [0.29, 0.717) is 0 Å². The van der Waals surface area contributed by atoms with Crippen molar-refractivity contribution in [3.05, 3.63) is 0 Å². The second-order valence-electron chi connectivity index (χ2n) is 2.25. The van der Waals surface area contributed by atoms with E-state index in [1.54, 1.807) is 0 Å². The number of aliphatic hydroxyl groups is 2. The number of aliphatic hydroxyl groups excluding tert-OH is 2. The van der Waals surface area contributed by atoms with Crippen LogP contribution in [0.25, 0.3) is 0 Å². The van der Waals surface area contributed by atoms with Crippen LogP contribution in [0.2, 0.25) is 0 Å². The Kier molecular flexibility index (Phi) is 2.83. The zero-order valence-electron chi connectivity index (χ0n) is 6.36. The van der Waals surface area contributed by atoms with Crippen LogP contribution in [0.4, 0.5) is 11.9 Å². The summed E-state index contributed by atoms with van der Waals surface area (Å²) in [5, 5.41) is 26.1. The molecule has 0 aliphatic heterocycles. The molecule has 12 heavy (non-hydrogen) atoms. The molecule has 0 radical (unpaired) electrons. The van der Waals surface area contributed by atoms with E-state index in [1.165, 1.54) is 0 Å². The zero-order chi connectivity index (χ0) is 8.97. The van der Waals surface area contributed by atoms with Gasteiger partial charge in [-0.25, -0.2) is 5.10 Å². The quantitative estimate of drug-likeness (QED) is 0.364. The van der Waals surface area contributed by atoms with Gasteiger partial charge in [0.25, 0.3) is 0 Å². The van der Waals surface area contributed by atoms with Crippen LogP contribution in [-0.2, 0) is 0 Å². The number of hydrogen-bond acceptors (Lipinski definition) is 6. The molecule has 0 aliphatic carbocycles. The van der Waals surface area contributed by atoms with Crippen LogP contribution in [0.3, 0.4) is 0 Å². The van der Waals surface area contributed by atoms with Crippen molar-refractivity contribution >= 4 is 11.9 Å². The molecule has 7 nitrogen and oxygen atoms in total. The molecule has 1 rings (SSSR count). The number of nitrogen functional groups attached to an aromatic ring is 1. The third-order valence-corrected chi connectivity index (χ3v) is 1.28. The van der Waals surface area contributed by atoms with Crippen molar-refractivity contribution in [3.8, 4) is 0 Å². The van der Waals surface area contributed by atoms with Crippen LogP contribution >= 0.6 is 0 Å². The summed E-state index contributed by atoms with van der Waals surface area (Å²) in [6.07, 6.45) is 0. The van der Waals surface area contributed by atoms with Gasteiger partial charge in [0.2, 0.25) is 11.9 Å². The summed E-state index contributed by atoms with van der Waals surface area (Å²) in [4.78, 5) is 3.72. The maximum absolute atomic E-state index is 8.67. The van der Waals surface area contributed by atoms with Gasteiger partial charge in [0, 0.05) is 0 Å². The van der Waals surface area contributed by atoms with Crippen molar-refractivity contribution in [3.63, 3.8) is 0 Å². The van der Waals surface area contributed by atoms with Crippen LogP contribution in [0.1, 0.15) is 0 Å². The summed E-state index contributed by atoms with van der Waals surface area (Å²) >= 11 is 0. The van der Waals surface area contributed by atoms with Gasteiger partial charge in [0.05, 0.1) is 19.3 Å². The lowest BCUT2D eigenvalue weighted by Crippen LogP contribution is -2.28. The van der Waals surface area contributed by atoms with Crippen LogP contribution in [0.5, 0.6) is 0 Å². The standard InChI is InChI=1S/C5H11N5O2/c6-4-8-5(10-9-4)7-3(1-11)2-12/h3,11-12H,1-2H2,(H4,6,7,8,9,10). The Hall–Kier alpha value is -1.34. The van der Waals surface area contributed by atoms with Gasteiger partial charge in [-0.3, -0.25) is 0 Å². The summed E-state index contributed by atoms with van der Waals surface area (Å²) in [5.74, 6) is 0.452. The van der Waals surface area contributed by atoms with Gasteiger partial charge in [0.1, 0.15) is 0 Å². The van der Waals surface area contributed by atoms with Crippen LogP contribution in [-0.4, -0.2) is 44.7 Å². The molecule has 0 fully saturated rings. The van der Waals surface area contributed by atoms with E-state index in [-0.39, 0.29) is 25.1 Å². The minimum Gasteiger partial charge on any atom is -0.394 e. The molecule has 0 aromatic carbocycles. The Morgan fingerprint density at radius 2 is 2.17 bits per heavy atom. The Balaban J connectivity index is 2.50.